The van der Waals surface area contributed by atoms with Crippen LogP contribution in [0.3, 0.4) is 0 Å². The Morgan fingerprint density at radius 2 is 1.47 bits per heavy atom. The number of hydrogen-bond donors (Lipinski definition) is 0. The summed E-state index contributed by atoms with van der Waals surface area (Å²) < 4.78 is 3.62. The van der Waals surface area contributed by atoms with Gasteiger partial charge in [-0.15, -0.1) is 0 Å². The molecule has 0 aliphatic carbocycles. The van der Waals surface area contributed by atoms with Gasteiger partial charge in [0.15, 0.2) is 0 Å². The Balaban J connectivity index is 3.63. The molecular formula is C16H30O2Ra. The number of hydrogen-bond acceptors (Lipinski definition) is 2. The van der Waals surface area contributed by atoms with Gasteiger partial charge in [-0.05, 0) is 6.92 Å². The third kappa shape index (κ3) is 12.3. The third-order valence-electron chi connectivity index (χ3n) is 4.08. The molecule has 3 heteroatoms. The van der Waals surface area contributed by atoms with E-state index in [-0.39, 0.29) is 0 Å². The molecule has 0 bridgehead atoms. The van der Waals surface area contributed by atoms with Gasteiger partial charge in [0, 0.05) is 0 Å². The van der Waals surface area contributed by atoms with E-state index >= 15 is 0 Å². The van der Waals surface area contributed by atoms with Crippen LogP contribution in [-0.4, -0.2) is 11.6 Å². The molecule has 2 nitrogen and oxygen atoms in total. The molecule has 0 aromatic rings. The van der Waals surface area contributed by atoms with Crippen LogP contribution < -0.4 is 0 Å². The Labute approximate surface area is 141 Å². The molecule has 0 heterocycles. The van der Waals surface area contributed by atoms with Gasteiger partial charge in [0.25, 0.3) is 0 Å². The summed E-state index contributed by atoms with van der Waals surface area (Å²) in [7, 11) is 0. The van der Waals surface area contributed by atoms with Gasteiger partial charge in [-0.25, -0.2) is 0 Å². The van der Waals surface area contributed by atoms with Crippen molar-refractivity contribution in [3.63, 3.8) is 0 Å². The number of Topliss-reactive ketones (excluding diaryl/α,β-unsaturated/α-hetero) is 2. The SMILES string of the molecule is [CH3][Ra][CH2]CC(=O)CCCC(C)C(C)CCCC(C)=O. The maximum atomic E-state index is 11.6. The van der Waals surface area contributed by atoms with Crippen molar-refractivity contribution in [2.75, 3.05) is 0 Å². The predicted molar refractivity (Wildman–Crippen MR) is 77.0 cm³/mol. The van der Waals surface area contributed by atoms with Crippen molar-refractivity contribution >= 4 is 11.6 Å². The van der Waals surface area contributed by atoms with E-state index in [0.29, 0.717) is 23.4 Å². The zero-order valence-electron chi connectivity index (χ0n) is 13.3. The van der Waals surface area contributed by atoms with Gasteiger partial charge in [-0.3, -0.25) is 0 Å². The van der Waals surface area contributed by atoms with E-state index in [4.69, 9.17) is 0 Å². The summed E-state index contributed by atoms with van der Waals surface area (Å²) in [4.78, 5) is 22.5. The van der Waals surface area contributed by atoms with Crippen molar-refractivity contribution < 1.29 is 50.2 Å². The fourth-order valence-electron chi connectivity index (χ4n) is 2.36. The minimum absolute atomic E-state index is 0.298. The van der Waals surface area contributed by atoms with Gasteiger partial charge in [0.2, 0.25) is 0 Å². The molecule has 0 aromatic carbocycles. The smallest absolute Gasteiger partial charge is 0.300 e. The average Bonchev–Trinajstić information content (AvgIpc) is 2.35. The van der Waals surface area contributed by atoms with Crippen LogP contribution in [0, 0.1) is 52.4 Å². The first-order valence-electron chi connectivity index (χ1n) is 7.98. The van der Waals surface area contributed by atoms with Crippen LogP contribution in [0.15, 0.2) is 0 Å². The van der Waals surface area contributed by atoms with Gasteiger partial charge >= 0.3 is 131 Å². The van der Waals surface area contributed by atoms with Gasteiger partial charge < -0.3 is 4.79 Å². The standard InChI is InChI=1S/C15H27O2.CH3.Ra/c1-5-15(17)11-7-9-13(3)12(2)8-6-10-14(4)16;;/h12-13H,1,5-11H2,2-4H3;1H3;. The fourth-order valence-corrected chi connectivity index (χ4v) is 5.44. The van der Waals surface area contributed by atoms with Crippen LogP contribution >= 0.6 is 0 Å². The zero-order valence-corrected chi connectivity index (χ0v) is 19.1. The van der Waals surface area contributed by atoms with E-state index in [2.05, 4.69) is 15.8 Å². The zero-order chi connectivity index (χ0) is 14.7. The van der Waals surface area contributed by atoms with Gasteiger partial charge in [0.05, 0.1) is 0 Å². The molecule has 0 fully saturated rings. The predicted octanol–water partition coefficient (Wildman–Crippen LogP) is 4.70. The Bertz CT molecular complexity index is 263. The van der Waals surface area contributed by atoms with Crippen LogP contribution in [0.1, 0.15) is 65.7 Å². The molecule has 0 rings (SSSR count). The quantitative estimate of drug-likeness (QED) is 0.406. The van der Waals surface area contributed by atoms with E-state index in [1.54, 1.807) is 6.92 Å². The molecule has 0 saturated heterocycles. The van der Waals surface area contributed by atoms with Crippen LogP contribution in [0.2, 0.25) is 3.43 Å². The molecule has 0 spiro atoms. The second kappa shape index (κ2) is 12.5. The Morgan fingerprint density at radius 1 is 0.947 bits per heavy atom. The first-order valence-corrected chi connectivity index (χ1v) is 17.9. The summed E-state index contributed by atoms with van der Waals surface area (Å²) in [6.07, 6.45) is 6.74. The van der Waals surface area contributed by atoms with E-state index in [0.717, 1.165) is 44.9 Å². The molecule has 0 amide bonds. The first kappa shape index (κ1) is 19.8. The molecule has 19 heavy (non-hydrogen) atoms. The minimum atomic E-state index is -0.632. The van der Waals surface area contributed by atoms with Gasteiger partial charge in [-0.2, -0.15) is 0 Å². The molecule has 2 atom stereocenters. The summed E-state index contributed by atoms with van der Waals surface area (Å²) in [5, 5.41) is 0. The molecule has 0 aliphatic heterocycles. The first-order chi connectivity index (χ1) is 8.97. The van der Waals surface area contributed by atoms with Crippen molar-refractivity contribution in [3.05, 3.63) is 0 Å². The van der Waals surface area contributed by atoms with Crippen molar-refractivity contribution in [2.45, 2.75) is 69.1 Å². The Kier molecular flexibility index (Phi) is 13.1. The van der Waals surface area contributed by atoms with Gasteiger partial charge in [-0.1, -0.05) is 0 Å². The second-order valence-corrected chi connectivity index (χ2v) is 13.1. The fraction of sp³-hybridized carbons (Fsp3) is 0.875. The monoisotopic (exact) mass is 480 g/mol. The molecule has 108 valence electrons. The summed E-state index contributed by atoms with van der Waals surface area (Å²) in [5.74, 6) is 2.13. The van der Waals surface area contributed by atoms with Crippen LogP contribution in [-0.2, 0) is 9.59 Å². The van der Waals surface area contributed by atoms with Crippen LogP contribution in [0.5, 0.6) is 0 Å². The number of ketones is 2. The molecule has 2 unspecified atom stereocenters. The van der Waals surface area contributed by atoms with Crippen molar-refractivity contribution in [2.24, 2.45) is 11.8 Å². The molecule has 0 aromatic heterocycles. The van der Waals surface area contributed by atoms with E-state index in [1.807, 2.05) is 0 Å². The maximum absolute atomic E-state index is 11.6. The van der Waals surface area contributed by atoms with Crippen molar-refractivity contribution in [3.8, 4) is 0 Å². The van der Waals surface area contributed by atoms with Crippen LogP contribution in [0.25, 0.3) is 0 Å². The number of rotatable bonds is 12. The van der Waals surface area contributed by atoms with E-state index in [1.165, 1.54) is 1.46 Å². The van der Waals surface area contributed by atoms with E-state index < -0.39 is 40.6 Å². The molecule has 0 N–H and O–H groups in total. The molecular weight excluding hydrogens is 450 g/mol. The topological polar surface area (TPSA) is 34.1 Å². The summed E-state index contributed by atoms with van der Waals surface area (Å²) in [6.45, 7) is 6.23. The molecule has 0 radical (unpaired) electrons. The van der Waals surface area contributed by atoms with Crippen molar-refractivity contribution in [1.82, 2.24) is 0 Å². The second-order valence-electron chi connectivity index (χ2n) is 6.08. The average molecular weight is 480 g/mol. The Morgan fingerprint density at radius 3 is 1.95 bits per heavy atom. The minimum Gasteiger partial charge on any atom is -0.300 e. The van der Waals surface area contributed by atoms with Crippen molar-refractivity contribution in [1.29, 1.82) is 0 Å². The Hall–Kier alpha value is 0.808. The number of carbonyl (C=O) groups is 2. The van der Waals surface area contributed by atoms with E-state index in [9.17, 15) is 9.59 Å². The summed E-state index contributed by atoms with van der Waals surface area (Å²) in [6, 6.07) is 0. The summed E-state index contributed by atoms with van der Waals surface area (Å²) in [5.41, 5.74) is 0. The summed E-state index contributed by atoms with van der Waals surface area (Å²) >= 11 is -0.632. The number of carbonyl (C=O) groups excluding carboxylic acids is 2. The van der Waals surface area contributed by atoms with Gasteiger partial charge in [0.1, 0.15) is 0 Å². The van der Waals surface area contributed by atoms with Crippen LogP contribution in [0.4, 0.5) is 0 Å². The normalized spacial score (nSPS) is 13.7. The third-order valence-corrected chi connectivity index (χ3v) is 8.44. The molecule has 0 saturated carbocycles. The molecule has 0 aliphatic rings.